The number of amides is 2. The van der Waals surface area contributed by atoms with Gasteiger partial charge >= 0.3 is 0 Å². The maximum Gasteiger partial charge on any atom is 0.253 e. The molecule has 0 bridgehead atoms. The third-order valence-electron chi connectivity index (χ3n) is 4.82. The standard InChI is InChI=1S/C18H33N3O4/c1-16(2,18(5,24)20-11-10-19-6)9-12-25-17(3,4)13-21-14(22)7-8-15(21)23/h7-8,19-20,24H,9-13H2,1-6H3. The highest BCUT2D eigenvalue weighted by molar-refractivity contribution is 6.12. The molecule has 144 valence electrons. The molecule has 1 heterocycles. The maximum atomic E-state index is 11.7. The molecule has 1 aliphatic rings. The Bertz CT molecular complexity index is 494. The molecule has 7 heteroatoms. The van der Waals surface area contributed by atoms with Gasteiger partial charge in [0, 0.05) is 37.3 Å². The fourth-order valence-electron chi connectivity index (χ4n) is 2.51. The van der Waals surface area contributed by atoms with Gasteiger partial charge < -0.3 is 15.2 Å². The zero-order chi connectivity index (χ0) is 19.3. The van der Waals surface area contributed by atoms with Crippen molar-refractivity contribution in [1.82, 2.24) is 15.5 Å². The number of carbonyl (C=O) groups excluding carboxylic acids is 2. The van der Waals surface area contributed by atoms with Crippen LogP contribution in [-0.2, 0) is 14.3 Å². The number of likely N-dealkylation sites (N-methyl/N-ethyl adjacent to an activating group) is 1. The zero-order valence-corrected chi connectivity index (χ0v) is 16.3. The number of hydrogen-bond donors (Lipinski definition) is 3. The summed E-state index contributed by atoms with van der Waals surface area (Å²) in [6, 6.07) is 0. The first kappa shape index (κ1) is 21.8. The van der Waals surface area contributed by atoms with E-state index in [0.717, 1.165) is 6.54 Å². The molecule has 1 rings (SSSR count). The molecule has 0 aromatic heterocycles. The Hall–Kier alpha value is -1.28. The van der Waals surface area contributed by atoms with Gasteiger partial charge in [-0.25, -0.2) is 0 Å². The van der Waals surface area contributed by atoms with E-state index < -0.39 is 16.7 Å². The van der Waals surface area contributed by atoms with Crippen LogP contribution in [0.3, 0.4) is 0 Å². The summed E-state index contributed by atoms with van der Waals surface area (Å²) in [6.07, 6.45) is 3.17. The van der Waals surface area contributed by atoms with E-state index >= 15 is 0 Å². The van der Waals surface area contributed by atoms with Gasteiger partial charge in [-0.2, -0.15) is 0 Å². The zero-order valence-electron chi connectivity index (χ0n) is 16.3. The quantitative estimate of drug-likeness (QED) is 0.286. The minimum Gasteiger partial charge on any atom is -0.376 e. The minimum atomic E-state index is -1.04. The minimum absolute atomic E-state index is 0.203. The topological polar surface area (TPSA) is 90.9 Å². The number of carbonyl (C=O) groups is 2. The first-order valence-electron chi connectivity index (χ1n) is 8.71. The molecular formula is C18H33N3O4. The predicted molar refractivity (Wildman–Crippen MR) is 96.8 cm³/mol. The van der Waals surface area contributed by atoms with E-state index in [0.29, 0.717) is 19.6 Å². The highest BCUT2D eigenvalue weighted by atomic mass is 16.5. The van der Waals surface area contributed by atoms with E-state index in [1.165, 1.54) is 17.1 Å². The van der Waals surface area contributed by atoms with E-state index in [9.17, 15) is 14.7 Å². The van der Waals surface area contributed by atoms with Crippen molar-refractivity contribution in [3.63, 3.8) is 0 Å². The van der Waals surface area contributed by atoms with E-state index in [1.807, 2.05) is 34.7 Å². The number of hydrogen-bond acceptors (Lipinski definition) is 6. The Morgan fingerprint density at radius 1 is 1.08 bits per heavy atom. The normalized spacial score (nSPS) is 18.1. The highest BCUT2D eigenvalue weighted by Gasteiger charge is 2.39. The first-order valence-corrected chi connectivity index (χ1v) is 8.71. The van der Waals surface area contributed by atoms with Gasteiger partial charge in [-0.05, 0) is 34.2 Å². The van der Waals surface area contributed by atoms with Crippen molar-refractivity contribution in [3.8, 4) is 0 Å². The van der Waals surface area contributed by atoms with Gasteiger partial charge in [0.15, 0.2) is 0 Å². The summed E-state index contributed by atoms with van der Waals surface area (Å²) in [5.41, 5.74) is -2.11. The van der Waals surface area contributed by atoms with E-state index in [1.54, 1.807) is 6.92 Å². The third-order valence-corrected chi connectivity index (χ3v) is 4.82. The summed E-state index contributed by atoms with van der Waals surface area (Å²) in [5, 5.41) is 16.9. The van der Waals surface area contributed by atoms with E-state index in [4.69, 9.17) is 4.74 Å². The predicted octanol–water partition coefficient (Wildman–Crippen LogP) is 0.640. The molecule has 1 aliphatic heterocycles. The highest BCUT2D eigenvalue weighted by Crippen LogP contribution is 2.32. The fourth-order valence-corrected chi connectivity index (χ4v) is 2.51. The Morgan fingerprint density at radius 2 is 1.64 bits per heavy atom. The molecule has 0 radical (unpaired) electrons. The van der Waals surface area contributed by atoms with Crippen molar-refractivity contribution in [3.05, 3.63) is 12.2 Å². The Morgan fingerprint density at radius 3 is 2.16 bits per heavy atom. The van der Waals surface area contributed by atoms with Crippen LogP contribution in [0.15, 0.2) is 12.2 Å². The Balaban J connectivity index is 2.50. The summed E-state index contributed by atoms with van der Waals surface area (Å²) in [7, 11) is 1.86. The molecule has 1 atom stereocenters. The second-order valence-corrected chi connectivity index (χ2v) is 7.94. The van der Waals surface area contributed by atoms with Crippen LogP contribution in [0.4, 0.5) is 0 Å². The summed E-state index contributed by atoms with van der Waals surface area (Å²) < 4.78 is 5.92. The maximum absolute atomic E-state index is 11.7. The molecule has 0 aliphatic carbocycles. The Labute approximate surface area is 150 Å². The summed E-state index contributed by atoms with van der Waals surface area (Å²) in [4.78, 5) is 24.5. The average molecular weight is 355 g/mol. The van der Waals surface area contributed by atoms with Crippen LogP contribution in [-0.4, -0.2) is 66.4 Å². The number of ether oxygens (including phenoxy) is 1. The van der Waals surface area contributed by atoms with Crippen LogP contribution in [0.2, 0.25) is 0 Å². The number of aliphatic hydroxyl groups is 1. The number of nitrogens with zero attached hydrogens (tertiary/aromatic N) is 1. The van der Waals surface area contributed by atoms with Crippen molar-refractivity contribution in [2.45, 2.75) is 52.4 Å². The molecule has 0 fully saturated rings. The third kappa shape index (κ3) is 6.18. The van der Waals surface area contributed by atoms with Gasteiger partial charge in [0.05, 0.1) is 12.1 Å². The molecule has 0 spiro atoms. The molecule has 0 saturated heterocycles. The van der Waals surface area contributed by atoms with Crippen LogP contribution in [0.5, 0.6) is 0 Å². The number of nitrogens with one attached hydrogen (secondary N) is 2. The van der Waals surface area contributed by atoms with Crippen molar-refractivity contribution in [2.24, 2.45) is 5.41 Å². The summed E-state index contributed by atoms with van der Waals surface area (Å²) in [6.45, 7) is 11.5. The van der Waals surface area contributed by atoms with Gasteiger partial charge in [-0.15, -0.1) is 0 Å². The SMILES string of the molecule is CNCCNC(C)(O)C(C)(C)CCOC(C)(C)CN1C(=O)C=CC1=O. The lowest BCUT2D eigenvalue weighted by Gasteiger charge is -2.41. The largest absolute Gasteiger partial charge is 0.376 e. The van der Waals surface area contributed by atoms with Crippen LogP contribution in [0.1, 0.15) is 41.0 Å². The fraction of sp³-hybridized carbons (Fsp3) is 0.778. The van der Waals surface area contributed by atoms with Crippen molar-refractivity contribution in [1.29, 1.82) is 0 Å². The lowest BCUT2D eigenvalue weighted by molar-refractivity contribution is -0.143. The van der Waals surface area contributed by atoms with Crippen LogP contribution < -0.4 is 10.6 Å². The lowest BCUT2D eigenvalue weighted by Crippen LogP contribution is -2.55. The van der Waals surface area contributed by atoms with Gasteiger partial charge in [-0.1, -0.05) is 13.8 Å². The van der Waals surface area contributed by atoms with Crippen molar-refractivity contribution >= 4 is 11.8 Å². The van der Waals surface area contributed by atoms with Crippen LogP contribution >= 0.6 is 0 Å². The van der Waals surface area contributed by atoms with Crippen molar-refractivity contribution < 1.29 is 19.4 Å². The smallest absolute Gasteiger partial charge is 0.253 e. The van der Waals surface area contributed by atoms with Gasteiger partial charge in [0.25, 0.3) is 11.8 Å². The molecule has 1 unspecified atom stereocenters. The Kier molecular flexibility index (Phi) is 7.31. The second-order valence-electron chi connectivity index (χ2n) is 7.94. The van der Waals surface area contributed by atoms with E-state index in [2.05, 4.69) is 10.6 Å². The second kappa shape index (κ2) is 8.40. The molecule has 0 aromatic carbocycles. The van der Waals surface area contributed by atoms with E-state index in [-0.39, 0.29) is 18.4 Å². The molecule has 25 heavy (non-hydrogen) atoms. The molecular weight excluding hydrogens is 322 g/mol. The van der Waals surface area contributed by atoms with Crippen molar-refractivity contribution in [2.75, 3.05) is 33.3 Å². The average Bonchev–Trinajstić information content (AvgIpc) is 2.78. The molecule has 7 nitrogen and oxygen atoms in total. The van der Waals surface area contributed by atoms with Gasteiger partial charge in [0.1, 0.15) is 5.72 Å². The lowest BCUT2D eigenvalue weighted by atomic mass is 9.79. The first-order chi connectivity index (χ1) is 11.4. The molecule has 3 N–H and O–H groups in total. The number of imide groups is 1. The molecule has 0 saturated carbocycles. The van der Waals surface area contributed by atoms with Gasteiger partial charge in [-0.3, -0.25) is 19.8 Å². The van der Waals surface area contributed by atoms with Gasteiger partial charge in [0.2, 0.25) is 0 Å². The summed E-state index contributed by atoms with van der Waals surface area (Å²) >= 11 is 0. The van der Waals surface area contributed by atoms with Crippen LogP contribution in [0, 0.1) is 5.41 Å². The number of rotatable bonds is 11. The monoisotopic (exact) mass is 355 g/mol. The molecule has 2 amide bonds. The van der Waals surface area contributed by atoms with Crippen LogP contribution in [0.25, 0.3) is 0 Å². The summed E-state index contributed by atoms with van der Waals surface area (Å²) in [5.74, 6) is -0.614. The molecule has 0 aromatic rings.